The fourth-order valence-electron chi connectivity index (χ4n) is 2.80. The van der Waals surface area contributed by atoms with Crippen LogP contribution in [-0.4, -0.2) is 24.0 Å². The van der Waals surface area contributed by atoms with Crippen molar-refractivity contribution in [2.45, 2.75) is 45.6 Å². The van der Waals surface area contributed by atoms with E-state index in [1.807, 2.05) is 31.2 Å². The van der Waals surface area contributed by atoms with Crippen LogP contribution in [0.3, 0.4) is 0 Å². The zero-order valence-electron chi connectivity index (χ0n) is 16.6. The van der Waals surface area contributed by atoms with Gasteiger partial charge in [-0.25, -0.2) is 0 Å². The largest absolute Gasteiger partial charge is 0.494 e. The van der Waals surface area contributed by atoms with E-state index < -0.39 is 11.0 Å². The Morgan fingerprint density at radius 2 is 1.86 bits per heavy atom. The summed E-state index contributed by atoms with van der Waals surface area (Å²) in [7, 11) is 1.39. The average molecular weight is 386 g/mol. The molecule has 0 spiro atoms. The lowest BCUT2D eigenvalue weighted by Crippen LogP contribution is -2.32. The van der Waals surface area contributed by atoms with Crippen LogP contribution in [0.25, 0.3) is 0 Å². The highest BCUT2D eigenvalue weighted by Crippen LogP contribution is 2.31. The normalized spacial score (nSPS) is 12.7. The number of rotatable bonds is 9. The van der Waals surface area contributed by atoms with E-state index in [2.05, 4.69) is 19.2 Å². The lowest BCUT2D eigenvalue weighted by atomic mass is 9.98. The number of carbonyl (C=O) groups is 1. The number of para-hydroxylation sites is 1. The van der Waals surface area contributed by atoms with Gasteiger partial charge in [-0.15, -0.1) is 0 Å². The maximum Gasteiger partial charge on any atom is 0.273 e. The first kappa shape index (κ1) is 21.2. The van der Waals surface area contributed by atoms with Crippen molar-refractivity contribution in [3.8, 4) is 11.5 Å². The van der Waals surface area contributed by atoms with Gasteiger partial charge in [-0.3, -0.25) is 14.9 Å². The Labute approximate surface area is 164 Å². The second kappa shape index (κ2) is 9.73. The molecule has 0 heterocycles. The van der Waals surface area contributed by atoms with Gasteiger partial charge in [0.25, 0.3) is 11.6 Å². The molecule has 7 nitrogen and oxygen atoms in total. The number of nitro groups is 1. The minimum absolute atomic E-state index is 0.111. The van der Waals surface area contributed by atoms with Crippen LogP contribution in [0.4, 0.5) is 11.4 Å². The zero-order chi connectivity index (χ0) is 20.7. The Hall–Kier alpha value is -3.09. The summed E-state index contributed by atoms with van der Waals surface area (Å²) in [5.74, 6) is 0.882. The highest BCUT2D eigenvalue weighted by Gasteiger charge is 2.22. The lowest BCUT2D eigenvalue weighted by molar-refractivity contribution is -0.384. The van der Waals surface area contributed by atoms with E-state index in [9.17, 15) is 14.9 Å². The quantitative estimate of drug-likeness (QED) is 0.488. The number of methoxy groups -OCH3 is 1. The van der Waals surface area contributed by atoms with E-state index in [0.717, 1.165) is 12.0 Å². The van der Waals surface area contributed by atoms with Gasteiger partial charge in [0.05, 0.1) is 23.8 Å². The number of non-ortho nitro benzene ring substituents is 1. The molecule has 0 saturated carbocycles. The van der Waals surface area contributed by atoms with Crippen LogP contribution in [0, 0.1) is 10.1 Å². The fraction of sp³-hybridized carbons (Fsp3) is 0.381. The molecule has 1 amide bonds. The molecule has 2 rings (SSSR count). The summed E-state index contributed by atoms with van der Waals surface area (Å²) in [6, 6.07) is 11.8. The van der Waals surface area contributed by atoms with Gasteiger partial charge in [0.15, 0.2) is 6.10 Å². The first-order valence-corrected chi connectivity index (χ1v) is 9.30. The van der Waals surface area contributed by atoms with E-state index in [4.69, 9.17) is 9.47 Å². The minimum Gasteiger partial charge on any atom is -0.494 e. The molecule has 2 aromatic rings. The van der Waals surface area contributed by atoms with Crippen molar-refractivity contribution in [1.82, 2.24) is 0 Å². The molecule has 0 radical (unpaired) electrons. The van der Waals surface area contributed by atoms with Gasteiger partial charge in [-0.2, -0.15) is 0 Å². The van der Waals surface area contributed by atoms with Gasteiger partial charge in [0.1, 0.15) is 11.5 Å². The number of nitrogens with zero attached hydrogens (tertiary/aromatic N) is 1. The monoisotopic (exact) mass is 386 g/mol. The van der Waals surface area contributed by atoms with E-state index in [1.54, 1.807) is 0 Å². The van der Waals surface area contributed by atoms with Crippen LogP contribution < -0.4 is 14.8 Å². The first-order chi connectivity index (χ1) is 13.4. The Morgan fingerprint density at radius 3 is 2.46 bits per heavy atom. The van der Waals surface area contributed by atoms with Crippen molar-refractivity contribution in [3.63, 3.8) is 0 Å². The van der Waals surface area contributed by atoms with E-state index in [0.29, 0.717) is 23.8 Å². The molecule has 1 N–H and O–H groups in total. The second-order valence-corrected chi connectivity index (χ2v) is 6.49. The predicted molar refractivity (Wildman–Crippen MR) is 108 cm³/mol. The van der Waals surface area contributed by atoms with Crippen molar-refractivity contribution in [2.75, 3.05) is 12.4 Å². The molecule has 2 unspecified atom stereocenters. The molecule has 7 heteroatoms. The van der Waals surface area contributed by atoms with E-state index in [-0.39, 0.29) is 17.3 Å². The fourth-order valence-corrected chi connectivity index (χ4v) is 2.80. The molecule has 2 atom stereocenters. The number of anilines is 1. The summed E-state index contributed by atoms with van der Waals surface area (Å²) >= 11 is 0. The highest BCUT2D eigenvalue weighted by atomic mass is 16.6. The van der Waals surface area contributed by atoms with Crippen LogP contribution in [-0.2, 0) is 4.79 Å². The Bertz CT molecular complexity index is 837. The summed E-state index contributed by atoms with van der Waals surface area (Å²) < 4.78 is 11.2. The molecule has 28 heavy (non-hydrogen) atoms. The zero-order valence-corrected chi connectivity index (χ0v) is 16.6. The number of ether oxygens (including phenoxy) is 2. The standard InChI is InChI=1S/C21H26N2O5/c1-5-14(3)16-9-7-8-10-19(16)28-18(6-2)21(24)22-17-12-11-15(23(25)26)13-20(17)27-4/h7-14,18H,5-6H2,1-4H3,(H,22,24). The summed E-state index contributed by atoms with van der Waals surface area (Å²) in [6.45, 7) is 6.08. The van der Waals surface area contributed by atoms with Gasteiger partial charge in [0.2, 0.25) is 0 Å². The molecule has 0 aliphatic heterocycles. The smallest absolute Gasteiger partial charge is 0.273 e. The third-order valence-electron chi connectivity index (χ3n) is 4.65. The third kappa shape index (κ3) is 5.00. The van der Waals surface area contributed by atoms with Crippen LogP contribution in [0.15, 0.2) is 42.5 Å². The summed E-state index contributed by atoms with van der Waals surface area (Å²) in [4.78, 5) is 23.2. The van der Waals surface area contributed by atoms with Crippen LogP contribution in [0.1, 0.15) is 45.1 Å². The van der Waals surface area contributed by atoms with Gasteiger partial charge < -0.3 is 14.8 Å². The molecule has 0 aliphatic rings. The second-order valence-electron chi connectivity index (χ2n) is 6.49. The Balaban J connectivity index is 2.20. The summed E-state index contributed by atoms with van der Waals surface area (Å²) in [6.07, 6.45) is 0.726. The molecule has 0 aliphatic carbocycles. The van der Waals surface area contributed by atoms with Crippen molar-refractivity contribution in [2.24, 2.45) is 0 Å². The van der Waals surface area contributed by atoms with Crippen molar-refractivity contribution < 1.29 is 19.2 Å². The first-order valence-electron chi connectivity index (χ1n) is 9.30. The van der Waals surface area contributed by atoms with Crippen molar-refractivity contribution in [1.29, 1.82) is 0 Å². The molecule has 0 saturated heterocycles. The molecular formula is C21H26N2O5. The number of benzene rings is 2. The predicted octanol–water partition coefficient (Wildman–Crippen LogP) is 4.91. The number of carbonyl (C=O) groups excluding carboxylic acids is 1. The van der Waals surface area contributed by atoms with Gasteiger partial charge in [0, 0.05) is 6.07 Å². The minimum atomic E-state index is -0.704. The number of nitrogens with one attached hydrogen (secondary N) is 1. The number of hydrogen-bond donors (Lipinski definition) is 1. The third-order valence-corrected chi connectivity index (χ3v) is 4.65. The van der Waals surface area contributed by atoms with Crippen molar-refractivity contribution >= 4 is 17.3 Å². The Kier molecular flexibility index (Phi) is 7.37. The molecule has 0 bridgehead atoms. The van der Waals surface area contributed by atoms with Crippen LogP contribution in [0.5, 0.6) is 11.5 Å². The van der Waals surface area contributed by atoms with E-state index >= 15 is 0 Å². The lowest BCUT2D eigenvalue weighted by Gasteiger charge is -2.21. The van der Waals surface area contributed by atoms with E-state index in [1.165, 1.54) is 25.3 Å². The number of amides is 1. The molecule has 0 aromatic heterocycles. The molecule has 150 valence electrons. The molecule has 2 aromatic carbocycles. The summed E-state index contributed by atoms with van der Waals surface area (Å²) in [5.41, 5.74) is 1.31. The number of hydrogen-bond acceptors (Lipinski definition) is 5. The van der Waals surface area contributed by atoms with Gasteiger partial charge in [-0.05, 0) is 36.5 Å². The Morgan fingerprint density at radius 1 is 1.14 bits per heavy atom. The molecular weight excluding hydrogens is 360 g/mol. The maximum atomic E-state index is 12.8. The number of nitro benzene ring substituents is 1. The topological polar surface area (TPSA) is 90.7 Å². The van der Waals surface area contributed by atoms with Gasteiger partial charge in [-0.1, -0.05) is 39.0 Å². The van der Waals surface area contributed by atoms with Crippen molar-refractivity contribution in [3.05, 3.63) is 58.1 Å². The summed E-state index contributed by atoms with van der Waals surface area (Å²) in [5, 5.41) is 13.7. The maximum absolute atomic E-state index is 12.8. The SMILES string of the molecule is CCC(Oc1ccccc1C(C)CC)C(=O)Nc1ccc([N+](=O)[O-])cc1OC. The average Bonchev–Trinajstić information content (AvgIpc) is 2.71. The van der Waals surface area contributed by atoms with Gasteiger partial charge >= 0.3 is 0 Å². The molecule has 0 fully saturated rings. The van der Waals surface area contributed by atoms with Crippen LogP contribution >= 0.6 is 0 Å². The highest BCUT2D eigenvalue weighted by molar-refractivity contribution is 5.95. The van der Waals surface area contributed by atoms with Crippen LogP contribution in [0.2, 0.25) is 0 Å².